The lowest BCUT2D eigenvalue weighted by Gasteiger charge is -2.20. The van der Waals surface area contributed by atoms with E-state index >= 15 is 0 Å². The standard InChI is InChI=1S/C22H28N2O5S/c1-13(14-7-8-14)17-10-9-15-5-4-6-18(15)20(17)23-21(25)24-30(27,28)19-11-16(12-29-19)22(2,3)26/h9-14,26H,4-8H2,1-3H3,(H2,23,24,25). The highest BCUT2D eigenvalue weighted by Crippen LogP contribution is 2.46. The van der Waals surface area contributed by atoms with Crippen molar-refractivity contribution in [3.63, 3.8) is 0 Å². The summed E-state index contributed by atoms with van der Waals surface area (Å²) >= 11 is 0. The molecule has 2 aliphatic carbocycles. The van der Waals surface area contributed by atoms with Crippen LogP contribution in [0, 0.1) is 5.92 Å². The van der Waals surface area contributed by atoms with Gasteiger partial charge in [0.2, 0.25) is 5.09 Å². The quantitative estimate of drug-likeness (QED) is 0.639. The number of hydrogen-bond acceptors (Lipinski definition) is 5. The van der Waals surface area contributed by atoms with Gasteiger partial charge in [0, 0.05) is 17.3 Å². The third kappa shape index (κ3) is 4.11. The summed E-state index contributed by atoms with van der Waals surface area (Å²) in [7, 11) is -4.21. The zero-order chi connectivity index (χ0) is 21.7. The molecule has 1 fully saturated rings. The molecule has 1 aromatic heterocycles. The Labute approximate surface area is 176 Å². The molecule has 2 aliphatic rings. The van der Waals surface area contributed by atoms with E-state index in [1.807, 2.05) is 4.72 Å². The molecule has 3 N–H and O–H groups in total. The van der Waals surface area contributed by atoms with Crippen LogP contribution in [-0.4, -0.2) is 19.6 Å². The van der Waals surface area contributed by atoms with Gasteiger partial charge in [-0.15, -0.1) is 0 Å². The fourth-order valence-electron chi connectivity index (χ4n) is 4.15. The molecule has 162 valence electrons. The van der Waals surface area contributed by atoms with Crippen LogP contribution in [0.15, 0.2) is 34.0 Å². The number of benzene rings is 1. The number of aliphatic hydroxyl groups is 1. The first-order valence-corrected chi connectivity index (χ1v) is 11.8. The van der Waals surface area contributed by atoms with Crippen LogP contribution in [-0.2, 0) is 28.5 Å². The predicted octanol–water partition coefficient (Wildman–Crippen LogP) is 4.02. The summed E-state index contributed by atoms with van der Waals surface area (Å²) in [5, 5.41) is 12.4. The highest BCUT2D eigenvalue weighted by molar-refractivity contribution is 7.89. The predicted molar refractivity (Wildman–Crippen MR) is 113 cm³/mol. The molecular formula is C22H28N2O5S. The van der Waals surface area contributed by atoms with Crippen LogP contribution in [0.4, 0.5) is 10.5 Å². The van der Waals surface area contributed by atoms with Crippen molar-refractivity contribution in [3.8, 4) is 0 Å². The molecule has 2 amide bonds. The molecule has 0 bridgehead atoms. The molecule has 1 heterocycles. The summed E-state index contributed by atoms with van der Waals surface area (Å²) in [6.07, 6.45) is 6.40. The second-order valence-electron chi connectivity index (χ2n) is 8.92. The van der Waals surface area contributed by atoms with Crippen molar-refractivity contribution >= 4 is 21.7 Å². The topological polar surface area (TPSA) is 109 Å². The normalized spacial score (nSPS) is 17.5. The fraction of sp³-hybridized carbons (Fsp3) is 0.500. The summed E-state index contributed by atoms with van der Waals surface area (Å²) in [6.45, 7) is 5.20. The van der Waals surface area contributed by atoms with E-state index < -0.39 is 26.7 Å². The second kappa shape index (κ2) is 7.42. The van der Waals surface area contributed by atoms with Gasteiger partial charge in [0.1, 0.15) is 0 Å². The molecule has 2 aromatic rings. The third-order valence-corrected chi connectivity index (χ3v) is 7.34. The number of hydrogen-bond donors (Lipinski definition) is 3. The van der Waals surface area contributed by atoms with Crippen LogP contribution in [0.5, 0.6) is 0 Å². The molecule has 1 saturated carbocycles. The first-order chi connectivity index (χ1) is 14.1. The van der Waals surface area contributed by atoms with E-state index in [0.717, 1.165) is 36.1 Å². The average molecular weight is 433 g/mol. The van der Waals surface area contributed by atoms with Gasteiger partial charge in [-0.1, -0.05) is 19.1 Å². The van der Waals surface area contributed by atoms with Gasteiger partial charge in [0.05, 0.1) is 11.9 Å². The SMILES string of the molecule is CC(c1ccc2c(c1NC(=O)NS(=O)(=O)c1cc(C(C)(C)O)co1)CCC2)C1CC1. The monoisotopic (exact) mass is 432 g/mol. The Morgan fingerprint density at radius 2 is 2.00 bits per heavy atom. The van der Waals surface area contributed by atoms with Gasteiger partial charge in [-0.3, -0.25) is 0 Å². The van der Waals surface area contributed by atoms with Crippen LogP contribution in [0.1, 0.15) is 68.2 Å². The molecule has 7 nitrogen and oxygen atoms in total. The van der Waals surface area contributed by atoms with Crippen LogP contribution in [0.3, 0.4) is 0 Å². The largest absolute Gasteiger partial charge is 0.451 e. The molecule has 1 aromatic carbocycles. The van der Waals surface area contributed by atoms with Crippen molar-refractivity contribution in [1.29, 1.82) is 0 Å². The van der Waals surface area contributed by atoms with Crippen LogP contribution >= 0.6 is 0 Å². The molecule has 4 rings (SSSR count). The number of anilines is 1. The zero-order valence-electron chi connectivity index (χ0n) is 17.5. The highest BCUT2D eigenvalue weighted by Gasteiger charge is 2.33. The Bertz CT molecular complexity index is 1080. The van der Waals surface area contributed by atoms with Crippen LogP contribution in [0.25, 0.3) is 0 Å². The number of amides is 2. The van der Waals surface area contributed by atoms with E-state index in [1.54, 1.807) is 0 Å². The summed E-state index contributed by atoms with van der Waals surface area (Å²) < 4.78 is 32.3. The molecular weight excluding hydrogens is 404 g/mol. The van der Waals surface area contributed by atoms with E-state index in [1.165, 1.54) is 44.6 Å². The van der Waals surface area contributed by atoms with E-state index in [9.17, 15) is 18.3 Å². The van der Waals surface area contributed by atoms with Crippen molar-refractivity contribution in [2.75, 3.05) is 5.32 Å². The lowest BCUT2D eigenvalue weighted by Crippen LogP contribution is -2.35. The van der Waals surface area contributed by atoms with Crippen molar-refractivity contribution in [2.24, 2.45) is 5.92 Å². The summed E-state index contributed by atoms with van der Waals surface area (Å²) in [4.78, 5) is 12.7. The second-order valence-corrected chi connectivity index (χ2v) is 10.5. The van der Waals surface area contributed by atoms with Gasteiger partial charge < -0.3 is 14.8 Å². The Balaban J connectivity index is 1.57. The van der Waals surface area contributed by atoms with Crippen molar-refractivity contribution in [3.05, 3.63) is 46.7 Å². The van der Waals surface area contributed by atoms with E-state index in [-0.39, 0.29) is 0 Å². The minimum Gasteiger partial charge on any atom is -0.451 e. The molecule has 0 aliphatic heterocycles. The van der Waals surface area contributed by atoms with E-state index in [2.05, 4.69) is 24.4 Å². The van der Waals surface area contributed by atoms with Gasteiger partial charge >= 0.3 is 6.03 Å². The minimum absolute atomic E-state index is 0.308. The summed E-state index contributed by atoms with van der Waals surface area (Å²) in [6, 6.07) is 4.61. The maximum absolute atomic E-state index is 12.7. The Morgan fingerprint density at radius 3 is 2.63 bits per heavy atom. The number of sulfonamides is 1. The Morgan fingerprint density at radius 1 is 1.27 bits per heavy atom. The van der Waals surface area contributed by atoms with Crippen LogP contribution in [0.2, 0.25) is 0 Å². The molecule has 0 spiro atoms. The molecule has 1 unspecified atom stereocenters. The molecule has 30 heavy (non-hydrogen) atoms. The Hall–Kier alpha value is -2.32. The number of aryl methyl sites for hydroxylation is 1. The lowest BCUT2D eigenvalue weighted by molar-refractivity contribution is 0.0779. The number of nitrogens with one attached hydrogen (secondary N) is 2. The molecule has 1 atom stereocenters. The first-order valence-electron chi connectivity index (χ1n) is 10.4. The van der Waals surface area contributed by atoms with E-state index in [0.29, 0.717) is 17.4 Å². The fourth-order valence-corrected chi connectivity index (χ4v) is 5.00. The first kappa shape index (κ1) is 20.9. The average Bonchev–Trinajstić information content (AvgIpc) is 3.16. The van der Waals surface area contributed by atoms with Gasteiger partial charge in [0.15, 0.2) is 0 Å². The number of carbonyl (C=O) groups excluding carboxylic acids is 1. The van der Waals surface area contributed by atoms with Gasteiger partial charge in [-0.2, -0.15) is 8.42 Å². The third-order valence-electron chi connectivity index (χ3n) is 6.15. The van der Waals surface area contributed by atoms with Crippen molar-refractivity contribution in [2.45, 2.75) is 69.5 Å². The molecule has 8 heteroatoms. The van der Waals surface area contributed by atoms with Crippen LogP contribution < -0.4 is 10.0 Å². The van der Waals surface area contributed by atoms with E-state index in [4.69, 9.17) is 4.42 Å². The maximum atomic E-state index is 12.7. The van der Waals surface area contributed by atoms with Crippen molar-refractivity contribution < 1.29 is 22.7 Å². The minimum atomic E-state index is -4.21. The van der Waals surface area contributed by atoms with Gasteiger partial charge in [-0.25, -0.2) is 9.52 Å². The highest BCUT2D eigenvalue weighted by atomic mass is 32.2. The molecule has 0 saturated heterocycles. The summed E-state index contributed by atoms with van der Waals surface area (Å²) in [5.74, 6) is 0.919. The lowest BCUT2D eigenvalue weighted by atomic mass is 9.91. The molecule has 0 radical (unpaired) electrons. The number of furan rings is 1. The summed E-state index contributed by atoms with van der Waals surface area (Å²) in [5.41, 5.74) is 3.18. The zero-order valence-corrected chi connectivity index (χ0v) is 18.3. The van der Waals surface area contributed by atoms with Gasteiger partial charge in [-0.05, 0) is 74.5 Å². The maximum Gasteiger partial charge on any atom is 0.333 e. The smallest absolute Gasteiger partial charge is 0.333 e. The number of urea groups is 1. The Kier molecular flexibility index (Phi) is 5.18. The van der Waals surface area contributed by atoms with Crippen molar-refractivity contribution in [1.82, 2.24) is 4.72 Å². The number of carbonyl (C=O) groups is 1. The number of fused-ring (bicyclic) bond motifs is 1. The van der Waals surface area contributed by atoms with Gasteiger partial charge in [0.25, 0.3) is 10.0 Å². The number of rotatable bonds is 6.